The summed E-state index contributed by atoms with van der Waals surface area (Å²) in [6.45, 7) is 1.45. The van der Waals surface area contributed by atoms with E-state index in [0.717, 1.165) is 18.4 Å². The molecule has 0 aliphatic heterocycles. The molecule has 0 heterocycles. The molecule has 0 saturated heterocycles. The summed E-state index contributed by atoms with van der Waals surface area (Å²) in [5, 5.41) is 0. The van der Waals surface area contributed by atoms with Crippen molar-refractivity contribution in [2.75, 3.05) is 7.11 Å². The highest BCUT2D eigenvalue weighted by Crippen LogP contribution is 2.49. The van der Waals surface area contributed by atoms with Gasteiger partial charge in [0.25, 0.3) is 5.92 Å². The second-order valence-corrected chi connectivity index (χ2v) is 4.71. The SMILES string of the molecule is CCC(F)(F)c1ccc(C2(C(=O)OC)CC2)cc1. The normalized spacial score (nSPS) is 17.3. The van der Waals surface area contributed by atoms with Crippen LogP contribution in [0.4, 0.5) is 8.78 Å². The van der Waals surface area contributed by atoms with E-state index in [1.54, 1.807) is 12.1 Å². The van der Waals surface area contributed by atoms with E-state index in [1.807, 2.05) is 0 Å². The maximum Gasteiger partial charge on any atom is 0.316 e. The van der Waals surface area contributed by atoms with E-state index in [-0.39, 0.29) is 18.0 Å². The highest BCUT2D eigenvalue weighted by atomic mass is 19.3. The molecular formula is C14H16F2O2. The van der Waals surface area contributed by atoms with Gasteiger partial charge in [0, 0.05) is 12.0 Å². The smallest absolute Gasteiger partial charge is 0.316 e. The molecule has 2 nitrogen and oxygen atoms in total. The van der Waals surface area contributed by atoms with Gasteiger partial charge in [0.05, 0.1) is 12.5 Å². The summed E-state index contributed by atoms with van der Waals surface area (Å²) in [6.07, 6.45) is 1.22. The van der Waals surface area contributed by atoms with Gasteiger partial charge >= 0.3 is 5.97 Å². The van der Waals surface area contributed by atoms with Crippen molar-refractivity contribution in [2.24, 2.45) is 0 Å². The lowest BCUT2D eigenvalue weighted by molar-refractivity contribution is -0.143. The van der Waals surface area contributed by atoms with Crippen molar-refractivity contribution in [2.45, 2.75) is 37.5 Å². The first-order valence-electron chi connectivity index (χ1n) is 6.03. The molecule has 2 rings (SSSR count). The molecule has 1 aliphatic carbocycles. The second kappa shape index (κ2) is 4.34. The molecule has 1 saturated carbocycles. The van der Waals surface area contributed by atoms with Crippen molar-refractivity contribution < 1.29 is 18.3 Å². The fourth-order valence-corrected chi connectivity index (χ4v) is 2.17. The van der Waals surface area contributed by atoms with Crippen molar-refractivity contribution in [1.29, 1.82) is 0 Å². The third-order valence-electron chi connectivity index (χ3n) is 3.63. The van der Waals surface area contributed by atoms with Gasteiger partial charge in [-0.1, -0.05) is 31.2 Å². The molecule has 4 heteroatoms. The Hall–Kier alpha value is -1.45. The van der Waals surface area contributed by atoms with Gasteiger partial charge in [-0.2, -0.15) is 0 Å². The van der Waals surface area contributed by atoms with Crippen molar-refractivity contribution >= 4 is 5.97 Å². The number of halogens is 2. The molecule has 1 aliphatic rings. The zero-order valence-corrected chi connectivity index (χ0v) is 10.5. The van der Waals surface area contributed by atoms with Gasteiger partial charge in [0.1, 0.15) is 0 Å². The maximum absolute atomic E-state index is 13.5. The summed E-state index contributed by atoms with van der Waals surface area (Å²) in [5.74, 6) is -3.09. The highest BCUT2D eigenvalue weighted by Gasteiger charge is 2.52. The Morgan fingerprint density at radius 3 is 2.28 bits per heavy atom. The van der Waals surface area contributed by atoms with Gasteiger partial charge in [-0.15, -0.1) is 0 Å². The van der Waals surface area contributed by atoms with Crippen LogP contribution in [0.5, 0.6) is 0 Å². The molecule has 1 aromatic carbocycles. The Labute approximate surface area is 105 Å². The molecule has 1 aromatic rings. The Morgan fingerprint density at radius 2 is 1.89 bits per heavy atom. The second-order valence-electron chi connectivity index (χ2n) is 4.71. The molecule has 1 fully saturated rings. The molecule has 18 heavy (non-hydrogen) atoms. The first-order valence-corrected chi connectivity index (χ1v) is 6.03. The van der Waals surface area contributed by atoms with Crippen LogP contribution in [0, 0.1) is 0 Å². The molecule has 0 spiro atoms. The Bertz CT molecular complexity index is 447. The van der Waals surface area contributed by atoms with Crippen LogP contribution >= 0.6 is 0 Å². The number of hydrogen-bond acceptors (Lipinski definition) is 2. The number of rotatable bonds is 4. The monoisotopic (exact) mass is 254 g/mol. The van der Waals surface area contributed by atoms with Gasteiger partial charge in [-0.25, -0.2) is 8.78 Å². The number of ether oxygens (including phenoxy) is 1. The van der Waals surface area contributed by atoms with E-state index < -0.39 is 11.3 Å². The van der Waals surface area contributed by atoms with E-state index in [9.17, 15) is 13.6 Å². The highest BCUT2D eigenvalue weighted by molar-refractivity contribution is 5.86. The molecule has 0 atom stereocenters. The number of esters is 1. The predicted octanol–water partition coefficient (Wildman–Crippen LogP) is 3.39. The lowest BCUT2D eigenvalue weighted by Crippen LogP contribution is -2.22. The topological polar surface area (TPSA) is 26.3 Å². The first-order chi connectivity index (χ1) is 8.46. The van der Waals surface area contributed by atoms with Crippen molar-refractivity contribution in [3.8, 4) is 0 Å². The summed E-state index contributed by atoms with van der Waals surface area (Å²) in [7, 11) is 1.35. The Morgan fingerprint density at radius 1 is 1.33 bits per heavy atom. The molecule has 0 bridgehead atoms. The van der Waals surface area contributed by atoms with Crippen LogP contribution < -0.4 is 0 Å². The summed E-state index contributed by atoms with van der Waals surface area (Å²) < 4.78 is 31.7. The van der Waals surface area contributed by atoms with E-state index in [4.69, 9.17) is 4.74 Å². The largest absolute Gasteiger partial charge is 0.468 e. The van der Waals surface area contributed by atoms with Crippen LogP contribution in [0.1, 0.15) is 37.3 Å². The average molecular weight is 254 g/mol. The summed E-state index contributed by atoms with van der Waals surface area (Å²) in [5.41, 5.74) is 0.175. The standard InChI is InChI=1S/C14H16F2O2/c1-3-14(15,16)11-6-4-10(5-7-11)13(8-9-13)12(17)18-2/h4-7H,3,8-9H2,1-2H3. The van der Waals surface area contributed by atoms with Gasteiger partial charge < -0.3 is 4.74 Å². The van der Waals surface area contributed by atoms with Crippen LogP contribution in [-0.2, 0) is 20.9 Å². The van der Waals surface area contributed by atoms with E-state index in [1.165, 1.54) is 26.2 Å². The molecule has 0 N–H and O–H groups in total. The summed E-state index contributed by atoms with van der Waals surface area (Å²) in [6, 6.07) is 6.04. The lowest BCUT2D eigenvalue weighted by atomic mass is 9.94. The fraction of sp³-hybridized carbons (Fsp3) is 0.500. The lowest BCUT2D eigenvalue weighted by Gasteiger charge is -2.17. The predicted molar refractivity (Wildman–Crippen MR) is 63.6 cm³/mol. The Kier molecular flexibility index (Phi) is 3.13. The molecule has 0 aromatic heterocycles. The fourth-order valence-electron chi connectivity index (χ4n) is 2.17. The van der Waals surface area contributed by atoms with Crippen molar-refractivity contribution in [3.63, 3.8) is 0 Å². The number of hydrogen-bond donors (Lipinski definition) is 0. The minimum absolute atomic E-state index is 0.00517. The number of alkyl halides is 2. The first kappa shape index (κ1) is 13.0. The van der Waals surface area contributed by atoms with Crippen LogP contribution in [0.2, 0.25) is 0 Å². The summed E-state index contributed by atoms with van der Waals surface area (Å²) in [4.78, 5) is 11.7. The summed E-state index contributed by atoms with van der Waals surface area (Å²) >= 11 is 0. The van der Waals surface area contributed by atoms with Crippen molar-refractivity contribution in [3.05, 3.63) is 35.4 Å². The van der Waals surface area contributed by atoms with E-state index in [0.29, 0.717) is 0 Å². The number of carbonyl (C=O) groups is 1. The van der Waals surface area contributed by atoms with E-state index in [2.05, 4.69) is 0 Å². The maximum atomic E-state index is 13.5. The molecule has 0 radical (unpaired) electrons. The zero-order chi connectivity index (χ0) is 13.4. The van der Waals surface area contributed by atoms with Gasteiger partial charge in [-0.05, 0) is 18.4 Å². The van der Waals surface area contributed by atoms with Crippen LogP contribution in [0.25, 0.3) is 0 Å². The zero-order valence-electron chi connectivity index (χ0n) is 10.5. The Balaban J connectivity index is 2.26. The van der Waals surface area contributed by atoms with Crippen LogP contribution in [0.15, 0.2) is 24.3 Å². The van der Waals surface area contributed by atoms with Gasteiger partial charge in [-0.3, -0.25) is 4.79 Å². The third kappa shape index (κ3) is 2.00. The average Bonchev–Trinajstić information content (AvgIpc) is 3.19. The molecule has 98 valence electrons. The van der Waals surface area contributed by atoms with Crippen LogP contribution in [-0.4, -0.2) is 13.1 Å². The minimum atomic E-state index is -2.81. The minimum Gasteiger partial charge on any atom is -0.468 e. The quantitative estimate of drug-likeness (QED) is 0.770. The number of methoxy groups -OCH3 is 1. The number of carbonyl (C=O) groups excluding carboxylic acids is 1. The third-order valence-corrected chi connectivity index (χ3v) is 3.63. The van der Waals surface area contributed by atoms with Crippen LogP contribution in [0.3, 0.4) is 0 Å². The van der Waals surface area contributed by atoms with Gasteiger partial charge in [0.15, 0.2) is 0 Å². The van der Waals surface area contributed by atoms with Gasteiger partial charge in [0.2, 0.25) is 0 Å². The molecule has 0 unspecified atom stereocenters. The van der Waals surface area contributed by atoms with E-state index >= 15 is 0 Å². The molecule has 0 amide bonds. The number of benzene rings is 1. The molecular weight excluding hydrogens is 238 g/mol. The van der Waals surface area contributed by atoms with Crippen molar-refractivity contribution in [1.82, 2.24) is 0 Å².